The number of benzene rings is 3. The van der Waals surface area contributed by atoms with Crippen molar-refractivity contribution in [2.24, 2.45) is 0 Å². The fourth-order valence-electron chi connectivity index (χ4n) is 2.50. The average molecular weight is 298 g/mol. The van der Waals surface area contributed by atoms with E-state index in [9.17, 15) is 5.11 Å². The van der Waals surface area contributed by atoms with E-state index in [0.717, 1.165) is 33.6 Å². The van der Waals surface area contributed by atoms with Crippen LogP contribution < -0.4 is 5.32 Å². The van der Waals surface area contributed by atoms with Gasteiger partial charge in [-0.2, -0.15) is 0 Å². The average Bonchev–Trinajstić information content (AvgIpc) is 2.47. The lowest BCUT2D eigenvalue weighted by molar-refractivity contribution is 0.481. The minimum Gasteiger partial charge on any atom is -0.507 e. The summed E-state index contributed by atoms with van der Waals surface area (Å²) in [4.78, 5) is 0. The van der Waals surface area contributed by atoms with Crippen molar-refractivity contribution in [3.05, 3.63) is 70.7 Å². The largest absolute Gasteiger partial charge is 0.507 e. The molecule has 0 atom stereocenters. The number of rotatable bonds is 3. The zero-order chi connectivity index (χ0) is 14.8. The lowest BCUT2D eigenvalue weighted by Crippen LogP contribution is -2.01. The highest BCUT2D eigenvalue weighted by Crippen LogP contribution is 2.30. The first-order valence-corrected chi connectivity index (χ1v) is 7.22. The normalized spacial score (nSPS) is 10.8. The third kappa shape index (κ3) is 2.81. The van der Waals surface area contributed by atoms with Crippen molar-refractivity contribution in [2.75, 3.05) is 5.32 Å². The molecule has 0 saturated carbocycles. The van der Waals surface area contributed by atoms with E-state index >= 15 is 0 Å². The molecule has 3 aromatic rings. The number of hydrogen-bond donors (Lipinski definition) is 2. The molecule has 3 aromatic carbocycles. The van der Waals surface area contributed by atoms with Crippen molar-refractivity contribution in [1.82, 2.24) is 0 Å². The van der Waals surface area contributed by atoms with E-state index in [1.165, 1.54) is 5.56 Å². The fraction of sp³-hybridized carbons (Fsp3) is 0.111. The molecule has 0 aliphatic rings. The molecule has 3 heteroatoms. The van der Waals surface area contributed by atoms with E-state index in [0.29, 0.717) is 5.75 Å². The Kier molecular flexibility index (Phi) is 3.72. The molecule has 0 aromatic heterocycles. The summed E-state index contributed by atoms with van der Waals surface area (Å²) in [6, 6.07) is 17.4. The van der Waals surface area contributed by atoms with Crippen molar-refractivity contribution in [1.29, 1.82) is 0 Å². The summed E-state index contributed by atoms with van der Waals surface area (Å²) in [5.41, 5.74) is 3.38. The highest BCUT2D eigenvalue weighted by atomic mass is 35.5. The molecule has 0 unspecified atom stereocenters. The SMILES string of the molecule is Cc1cc(Cl)ccc1CNc1cccc2c(O)cccc12. The molecule has 106 valence electrons. The molecular formula is C18H16ClNO. The molecule has 3 rings (SSSR count). The molecule has 0 aliphatic carbocycles. The first-order chi connectivity index (χ1) is 10.1. The molecule has 0 radical (unpaired) electrons. The number of aryl methyl sites for hydroxylation is 1. The number of phenolic OH excluding ortho intramolecular Hbond substituents is 1. The van der Waals surface area contributed by atoms with Gasteiger partial charge in [-0.25, -0.2) is 0 Å². The van der Waals surface area contributed by atoms with Gasteiger partial charge >= 0.3 is 0 Å². The van der Waals surface area contributed by atoms with Crippen LogP contribution in [-0.4, -0.2) is 5.11 Å². The highest BCUT2D eigenvalue weighted by Gasteiger charge is 2.05. The molecule has 0 heterocycles. The Balaban J connectivity index is 1.90. The van der Waals surface area contributed by atoms with Gasteiger partial charge in [0.05, 0.1) is 0 Å². The topological polar surface area (TPSA) is 32.3 Å². The maximum Gasteiger partial charge on any atom is 0.123 e. The number of nitrogens with one attached hydrogen (secondary N) is 1. The minimum atomic E-state index is 0.304. The molecule has 0 fully saturated rings. The highest BCUT2D eigenvalue weighted by molar-refractivity contribution is 6.30. The van der Waals surface area contributed by atoms with Crippen LogP contribution >= 0.6 is 11.6 Å². The lowest BCUT2D eigenvalue weighted by atomic mass is 10.1. The zero-order valence-corrected chi connectivity index (χ0v) is 12.5. The first-order valence-electron chi connectivity index (χ1n) is 6.85. The van der Waals surface area contributed by atoms with Crippen LogP contribution in [0.2, 0.25) is 5.02 Å². The van der Waals surface area contributed by atoms with Crippen molar-refractivity contribution >= 4 is 28.1 Å². The predicted molar refractivity (Wildman–Crippen MR) is 89.1 cm³/mol. The number of phenols is 1. The second-order valence-electron chi connectivity index (χ2n) is 5.10. The smallest absolute Gasteiger partial charge is 0.123 e. The molecule has 2 nitrogen and oxygen atoms in total. The lowest BCUT2D eigenvalue weighted by Gasteiger charge is -2.12. The maximum absolute atomic E-state index is 9.91. The standard InChI is InChI=1S/C18H16ClNO/c1-12-10-14(19)9-8-13(12)11-20-17-6-2-5-16-15(17)4-3-7-18(16)21/h2-10,20-21H,11H2,1H3. The van der Waals surface area contributed by atoms with E-state index in [1.54, 1.807) is 6.07 Å². The van der Waals surface area contributed by atoms with Gasteiger partial charge in [-0.1, -0.05) is 41.9 Å². The third-order valence-electron chi connectivity index (χ3n) is 3.67. The summed E-state index contributed by atoms with van der Waals surface area (Å²) >= 11 is 5.98. The van der Waals surface area contributed by atoms with Crippen molar-refractivity contribution in [3.63, 3.8) is 0 Å². The summed E-state index contributed by atoms with van der Waals surface area (Å²) in [6.45, 7) is 2.77. The summed E-state index contributed by atoms with van der Waals surface area (Å²) < 4.78 is 0. The Bertz CT molecular complexity index is 798. The number of aromatic hydroxyl groups is 1. The van der Waals surface area contributed by atoms with Crippen LogP contribution in [-0.2, 0) is 6.54 Å². The first kappa shape index (κ1) is 13.8. The van der Waals surface area contributed by atoms with Gasteiger partial charge in [-0.15, -0.1) is 0 Å². The van der Waals surface area contributed by atoms with E-state index in [4.69, 9.17) is 11.6 Å². The summed E-state index contributed by atoms with van der Waals surface area (Å²) in [6.07, 6.45) is 0. The molecule has 0 amide bonds. The van der Waals surface area contributed by atoms with Gasteiger partial charge in [0.25, 0.3) is 0 Å². The van der Waals surface area contributed by atoms with Gasteiger partial charge in [0.1, 0.15) is 5.75 Å². The van der Waals surface area contributed by atoms with E-state index < -0.39 is 0 Å². The van der Waals surface area contributed by atoms with Crippen LogP contribution in [0.25, 0.3) is 10.8 Å². The molecule has 0 saturated heterocycles. The number of anilines is 1. The van der Waals surface area contributed by atoms with Crippen molar-refractivity contribution in [3.8, 4) is 5.75 Å². The molecule has 21 heavy (non-hydrogen) atoms. The summed E-state index contributed by atoms with van der Waals surface area (Å²) in [7, 11) is 0. The van der Waals surface area contributed by atoms with Gasteiger partial charge in [-0.05, 0) is 42.3 Å². The zero-order valence-electron chi connectivity index (χ0n) is 11.7. The molecular weight excluding hydrogens is 282 g/mol. The summed E-state index contributed by atoms with van der Waals surface area (Å²) in [5, 5.41) is 16.0. The minimum absolute atomic E-state index is 0.304. The Hall–Kier alpha value is -2.19. The van der Waals surface area contributed by atoms with Crippen LogP contribution in [0.3, 0.4) is 0 Å². The van der Waals surface area contributed by atoms with Crippen LogP contribution in [0.5, 0.6) is 5.75 Å². The predicted octanol–water partition coefficient (Wildman–Crippen LogP) is 5.12. The van der Waals surface area contributed by atoms with Crippen molar-refractivity contribution in [2.45, 2.75) is 13.5 Å². The van der Waals surface area contributed by atoms with Gasteiger partial charge in [0.15, 0.2) is 0 Å². The monoisotopic (exact) mass is 297 g/mol. The molecule has 0 aliphatic heterocycles. The Morgan fingerprint density at radius 1 is 1.00 bits per heavy atom. The van der Waals surface area contributed by atoms with E-state index in [2.05, 4.69) is 12.2 Å². The quantitative estimate of drug-likeness (QED) is 0.703. The molecule has 2 N–H and O–H groups in total. The Morgan fingerprint density at radius 3 is 2.57 bits per heavy atom. The van der Waals surface area contributed by atoms with Crippen LogP contribution in [0.1, 0.15) is 11.1 Å². The van der Waals surface area contributed by atoms with Gasteiger partial charge < -0.3 is 10.4 Å². The van der Waals surface area contributed by atoms with E-state index in [-0.39, 0.29) is 0 Å². The number of hydrogen-bond acceptors (Lipinski definition) is 2. The molecule has 0 bridgehead atoms. The van der Waals surface area contributed by atoms with Crippen LogP contribution in [0, 0.1) is 6.92 Å². The second kappa shape index (κ2) is 5.66. The second-order valence-corrected chi connectivity index (χ2v) is 5.54. The van der Waals surface area contributed by atoms with Crippen molar-refractivity contribution < 1.29 is 5.11 Å². The maximum atomic E-state index is 9.91. The number of fused-ring (bicyclic) bond motifs is 1. The fourth-order valence-corrected chi connectivity index (χ4v) is 2.72. The van der Waals surface area contributed by atoms with Gasteiger partial charge in [0, 0.05) is 28.0 Å². The third-order valence-corrected chi connectivity index (χ3v) is 3.91. The van der Waals surface area contributed by atoms with Gasteiger partial charge in [0.2, 0.25) is 0 Å². The molecule has 0 spiro atoms. The summed E-state index contributed by atoms with van der Waals surface area (Å²) in [5.74, 6) is 0.304. The van der Waals surface area contributed by atoms with Crippen LogP contribution in [0.4, 0.5) is 5.69 Å². The Labute approximate surface area is 129 Å². The Morgan fingerprint density at radius 2 is 1.76 bits per heavy atom. The van der Waals surface area contributed by atoms with Crippen LogP contribution in [0.15, 0.2) is 54.6 Å². The number of halogens is 1. The van der Waals surface area contributed by atoms with E-state index in [1.807, 2.05) is 48.5 Å². The van der Waals surface area contributed by atoms with Gasteiger partial charge in [-0.3, -0.25) is 0 Å².